The Labute approximate surface area is 163 Å². The zero-order valence-electron chi connectivity index (χ0n) is 13.8. The van der Waals surface area contributed by atoms with Crippen LogP contribution in [0.4, 0.5) is 0 Å². The summed E-state index contributed by atoms with van der Waals surface area (Å²) in [6, 6.07) is 15.0. The van der Waals surface area contributed by atoms with Gasteiger partial charge in [-0.3, -0.25) is 4.79 Å². The summed E-state index contributed by atoms with van der Waals surface area (Å²) in [6.07, 6.45) is 0. The number of aryl methyl sites for hydroxylation is 1. The predicted molar refractivity (Wildman–Crippen MR) is 107 cm³/mol. The third kappa shape index (κ3) is 3.94. The smallest absolute Gasteiger partial charge is 0.279 e. The molecule has 3 aromatic rings. The first-order chi connectivity index (χ1) is 12.0. The van der Waals surface area contributed by atoms with Gasteiger partial charge in [-0.2, -0.15) is 4.99 Å². The van der Waals surface area contributed by atoms with E-state index >= 15 is 0 Å². The van der Waals surface area contributed by atoms with Crippen LogP contribution in [-0.2, 0) is 6.54 Å². The molecule has 0 aliphatic heterocycles. The first-order valence-electron chi connectivity index (χ1n) is 7.80. The van der Waals surface area contributed by atoms with Gasteiger partial charge < -0.3 is 4.57 Å². The largest absolute Gasteiger partial charge is 0.316 e. The predicted octanol–water partition coefficient (Wildman–Crippen LogP) is 5.70. The van der Waals surface area contributed by atoms with E-state index in [0.29, 0.717) is 15.4 Å². The van der Waals surface area contributed by atoms with Crippen LogP contribution in [0.5, 0.6) is 0 Å². The number of benzene rings is 2. The number of nitrogens with zero attached hydrogens (tertiary/aromatic N) is 2. The Bertz CT molecular complexity index is 972. The van der Waals surface area contributed by atoms with Crippen molar-refractivity contribution in [2.75, 3.05) is 0 Å². The minimum absolute atomic E-state index is 0.237. The molecule has 2 aromatic carbocycles. The van der Waals surface area contributed by atoms with Crippen LogP contribution in [0.25, 0.3) is 11.3 Å². The SMILES string of the molecule is CCn1c(-c2ccc(Cl)cc2)c(C)sc1=NC(=O)c1ccc(Br)cc1. The molecule has 0 saturated carbocycles. The molecular formula is C19H16BrClN2OS. The lowest BCUT2D eigenvalue weighted by molar-refractivity contribution is 0.0998. The van der Waals surface area contributed by atoms with Crippen molar-refractivity contribution < 1.29 is 4.79 Å². The van der Waals surface area contributed by atoms with Crippen molar-refractivity contribution in [1.82, 2.24) is 4.57 Å². The maximum absolute atomic E-state index is 12.5. The summed E-state index contributed by atoms with van der Waals surface area (Å²) in [5.41, 5.74) is 2.72. The van der Waals surface area contributed by atoms with Gasteiger partial charge in [0.05, 0.1) is 5.69 Å². The molecule has 3 nitrogen and oxygen atoms in total. The molecule has 0 unspecified atom stereocenters. The number of hydrogen-bond acceptors (Lipinski definition) is 2. The van der Waals surface area contributed by atoms with Gasteiger partial charge in [-0.05, 0) is 55.8 Å². The van der Waals surface area contributed by atoms with Crippen molar-refractivity contribution in [2.45, 2.75) is 20.4 Å². The highest BCUT2D eigenvalue weighted by molar-refractivity contribution is 9.10. The van der Waals surface area contributed by atoms with E-state index < -0.39 is 0 Å². The third-order valence-electron chi connectivity index (χ3n) is 3.80. The van der Waals surface area contributed by atoms with E-state index in [9.17, 15) is 4.79 Å². The highest BCUT2D eigenvalue weighted by atomic mass is 79.9. The molecule has 0 N–H and O–H groups in total. The molecule has 1 aromatic heterocycles. The maximum Gasteiger partial charge on any atom is 0.279 e. The van der Waals surface area contributed by atoms with Gasteiger partial charge in [0, 0.05) is 26.5 Å². The summed E-state index contributed by atoms with van der Waals surface area (Å²) >= 11 is 10.9. The summed E-state index contributed by atoms with van der Waals surface area (Å²) in [4.78, 5) is 18.7. The van der Waals surface area contributed by atoms with Crippen molar-refractivity contribution in [2.24, 2.45) is 4.99 Å². The standard InChI is InChI=1S/C19H16BrClN2OS/c1-3-23-17(13-6-10-16(21)11-7-13)12(2)25-19(23)22-18(24)14-4-8-15(20)9-5-14/h4-11H,3H2,1-2H3. The number of thiazole rings is 1. The van der Waals surface area contributed by atoms with Crippen molar-refractivity contribution in [3.8, 4) is 11.3 Å². The van der Waals surface area contributed by atoms with Crippen molar-refractivity contribution in [1.29, 1.82) is 0 Å². The highest BCUT2D eigenvalue weighted by Gasteiger charge is 2.13. The normalized spacial score (nSPS) is 11.8. The first kappa shape index (κ1) is 18.1. The van der Waals surface area contributed by atoms with Gasteiger partial charge in [0.1, 0.15) is 0 Å². The van der Waals surface area contributed by atoms with Gasteiger partial charge in [-0.25, -0.2) is 0 Å². The molecule has 3 rings (SSSR count). The molecule has 0 aliphatic carbocycles. The quantitative estimate of drug-likeness (QED) is 0.519. The van der Waals surface area contributed by atoms with Crippen molar-refractivity contribution >= 4 is 44.8 Å². The van der Waals surface area contributed by atoms with Crippen molar-refractivity contribution in [3.63, 3.8) is 0 Å². The van der Waals surface area contributed by atoms with Gasteiger partial charge in [0.15, 0.2) is 4.80 Å². The number of aromatic nitrogens is 1. The zero-order valence-corrected chi connectivity index (χ0v) is 17.0. The molecular weight excluding hydrogens is 420 g/mol. The minimum atomic E-state index is -0.237. The Hall–Kier alpha value is -1.69. The van der Waals surface area contributed by atoms with Crippen molar-refractivity contribution in [3.05, 3.63) is 73.3 Å². The molecule has 1 amide bonds. The molecule has 0 atom stereocenters. The van der Waals surface area contributed by atoms with Gasteiger partial charge in [0.2, 0.25) is 0 Å². The second-order valence-electron chi connectivity index (χ2n) is 5.46. The van der Waals surface area contributed by atoms with E-state index in [-0.39, 0.29) is 5.91 Å². The lowest BCUT2D eigenvalue weighted by Crippen LogP contribution is -2.17. The second-order valence-corrected chi connectivity index (χ2v) is 8.00. The van der Waals surface area contributed by atoms with Gasteiger partial charge >= 0.3 is 0 Å². The molecule has 6 heteroatoms. The highest BCUT2D eigenvalue weighted by Crippen LogP contribution is 2.26. The van der Waals surface area contributed by atoms with Crippen LogP contribution in [-0.4, -0.2) is 10.5 Å². The molecule has 0 fully saturated rings. The summed E-state index contributed by atoms with van der Waals surface area (Å²) in [5, 5.41) is 0.704. The van der Waals surface area contributed by atoms with E-state index in [1.165, 1.54) is 11.3 Å². The molecule has 0 spiro atoms. The first-order valence-corrected chi connectivity index (χ1v) is 9.79. The fraction of sp³-hybridized carbons (Fsp3) is 0.158. The minimum Gasteiger partial charge on any atom is -0.316 e. The average Bonchev–Trinajstić information content (AvgIpc) is 2.91. The van der Waals surface area contributed by atoms with Gasteiger partial charge in [0.25, 0.3) is 5.91 Å². The van der Waals surface area contributed by atoms with Crippen LogP contribution in [0, 0.1) is 6.92 Å². The molecule has 128 valence electrons. The average molecular weight is 436 g/mol. The molecule has 0 radical (unpaired) electrons. The number of carbonyl (C=O) groups is 1. The van der Waals surface area contributed by atoms with Gasteiger partial charge in [-0.1, -0.05) is 39.7 Å². The number of rotatable bonds is 3. The molecule has 1 heterocycles. The fourth-order valence-electron chi connectivity index (χ4n) is 2.61. The lowest BCUT2D eigenvalue weighted by Gasteiger charge is -2.07. The zero-order chi connectivity index (χ0) is 18.0. The Morgan fingerprint density at radius 2 is 1.80 bits per heavy atom. The molecule has 0 bridgehead atoms. The monoisotopic (exact) mass is 434 g/mol. The van der Waals surface area contributed by atoms with E-state index in [1.54, 1.807) is 12.1 Å². The summed E-state index contributed by atoms with van der Waals surface area (Å²) in [7, 11) is 0. The Morgan fingerprint density at radius 3 is 2.40 bits per heavy atom. The van der Waals surface area contributed by atoms with E-state index in [1.807, 2.05) is 43.3 Å². The molecule has 0 saturated heterocycles. The maximum atomic E-state index is 12.5. The summed E-state index contributed by atoms with van der Waals surface area (Å²) in [5.74, 6) is -0.237. The third-order valence-corrected chi connectivity index (χ3v) is 5.58. The van der Waals surface area contributed by atoms with Gasteiger partial charge in [-0.15, -0.1) is 11.3 Å². The number of hydrogen-bond donors (Lipinski definition) is 0. The topological polar surface area (TPSA) is 34.4 Å². The molecule has 0 aliphatic rings. The number of carbonyl (C=O) groups excluding carboxylic acids is 1. The Balaban J connectivity index is 2.08. The van der Waals surface area contributed by atoms with E-state index in [4.69, 9.17) is 11.6 Å². The van der Waals surface area contributed by atoms with Crippen LogP contribution in [0.15, 0.2) is 58.0 Å². The van der Waals surface area contributed by atoms with Crippen LogP contribution in [0.2, 0.25) is 5.02 Å². The summed E-state index contributed by atoms with van der Waals surface area (Å²) < 4.78 is 3.00. The van der Waals surface area contributed by atoms with E-state index in [2.05, 4.69) is 32.4 Å². The summed E-state index contributed by atoms with van der Waals surface area (Å²) in [6.45, 7) is 4.83. The molecule has 25 heavy (non-hydrogen) atoms. The van der Waals surface area contributed by atoms with Crippen LogP contribution in [0.3, 0.4) is 0 Å². The fourth-order valence-corrected chi connectivity index (χ4v) is 4.06. The van der Waals surface area contributed by atoms with E-state index in [0.717, 1.165) is 27.2 Å². The number of amides is 1. The Kier molecular flexibility index (Phi) is 5.57. The van der Waals surface area contributed by atoms with Crippen LogP contribution in [0.1, 0.15) is 22.2 Å². The van der Waals surface area contributed by atoms with Crippen LogP contribution >= 0.6 is 38.9 Å². The second kappa shape index (κ2) is 7.68. The van der Waals surface area contributed by atoms with Crippen LogP contribution < -0.4 is 4.80 Å². The Morgan fingerprint density at radius 1 is 1.16 bits per heavy atom. The lowest BCUT2D eigenvalue weighted by atomic mass is 10.1. The number of halogens is 2.